The number of carbonyl (C=O) groups excluding carboxylic acids is 1. The number of hydrogen-bond acceptors (Lipinski definition) is 4. The minimum Gasteiger partial charge on any atom is -0.291 e. The fourth-order valence-corrected chi connectivity index (χ4v) is 0.955. The van der Waals surface area contributed by atoms with E-state index in [0.29, 0.717) is 11.5 Å². The molecule has 0 aromatic carbocycles. The molecule has 0 bridgehead atoms. The van der Waals surface area contributed by atoms with Crippen molar-refractivity contribution >= 4 is 28.8 Å². The lowest BCUT2D eigenvalue weighted by molar-refractivity contribution is -0.111. The lowest BCUT2D eigenvalue weighted by Crippen LogP contribution is -2.12. The Morgan fingerprint density at radius 1 is 1.78 bits per heavy atom. The Hall–Kier alpha value is -0.640. The summed E-state index contributed by atoms with van der Waals surface area (Å²) in [7, 11) is 0. The van der Waals surface area contributed by atoms with Crippen molar-refractivity contribution in [3.05, 3.63) is 0 Å². The smallest absolute Gasteiger partial charge is 0.194 e. The van der Waals surface area contributed by atoms with Crippen molar-refractivity contribution in [2.24, 2.45) is 10.2 Å². The second-order valence-electron chi connectivity index (χ2n) is 1.53. The minimum absolute atomic E-state index is 0.0671. The maximum atomic E-state index is 10.8. The Balaban J connectivity index is 2.74. The minimum atomic E-state index is 0.0671. The Labute approximate surface area is 57.2 Å². The van der Waals surface area contributed by atoms with Gasteiger partial charge in [-0.25, -0.2) is 0 Å². The highest BCUT2D eigenvalue weighted by atomic mass is 32.2. The summed E-state index contributed by atoms with van der Waals surface area (Å²) >= 11 is 1.34. The van der Waals surface area contributed by atoms with Gasteiger partial charge in [0, 0.05) is 6.21 Å². The molecule has 0 radical (unpaired) electrons. The molecule has 1 aliphatic rings. The van der Waals surface area contributed by atoms with E-state index in [-0.39, 0.29) is 5.78 Å². The van der Waals surface area contributed by atoms with Gasteiger partial charge in [-0.1, -0.05) is 0 Å². The van der Waals surface area contributed by atoms with Gasteiger partial charge in [0.2, 0.25) is 0 Å². The standard InChI is InChI=1S/C5H6N2OS/c1-9-5-4(8)2-3-6-7-5/h3H,2H2,1H3. The topological polar surface area (TPSA) is 41.8 Å². The first kappa shape index (κ1) is 6.48. The number of ketones is 1. The normalized spacial score (nSPS) is 17.9. The highest BCUT2D eigenvalue weighted by Crippen LogP contribution is 2.04. The summed E-state index contributed by atoms with van der Waals surface area (Å²) in [5.74, 6) is 0.0671. The summed E-state index contributed by atoms with van der Waals surface area (Å²) < 4.78 is 0. The van der Waals surface area contributed by atoms with Gasteiger partial charge in [-0.3, -0.25) is 4.79 Å². The van der Waals surface area contributed by atoms with E-state index >= 15 is 0 Å². The Kier molecular flexibility index (Phi) is 2.00. The third kappa shape index (κ3) is 1.38. The van der Waals surface area contributed by atoms with Gasteiger partial charge in [-0.05, 0) is 6.26 Å². The first-order valence-corrected chi connectivity index (χ1v) is 3.73. The molecule has 0 unspecified atom stereocenters. The maximum Gasteiger partial charge on any atom is 0.194 e. The van der Waals surface area contributed by atoms with Crippen LogP contribution in [0, 0.1) is 0 Å². The van der Waals surface area contributed by atoms with Crippen LogP contribution in [0.5, 0.6) is 0 Å². The molecule has 0 saturated carbocycles. The summed E-state index contributed by atoms with van der Waals surface area (Å²) in [5, 5.41) is 7.74. The van der Waals surface area contributed by atoms with Gasteiger partial charge in [0.25, 0.3) is 0 Å². The molecule has 0 amide bonds. The van der Waals surface area contributed by atoms with Gasteiger partial charge < -0.3 is 0 Å². The number of Topliss-reactive ketones (excluding diaryl/α,β-unsaturated/α-hetero) is 1. The van der Waals surface area contributed by atoms with Crippen molar-refractivity contribution in [2.45, 2.75) is 6.42 Å². The predicted molar refractivity (Wildman–Crippen MR) is 39.1 cm³/mol. The van der Waals surface area contributed by atoms with Gasteiger partial charge >= 0.3 is 0 Å². The van der Waals surface area contributed by atoms with Gasteiger partial charge in [-0.2, -0.15) is 5.10 Å². The van der Waals surface area contributed by atoms with Crippen LogP contribution >= 0.6 is 11.8 Å². The van der Waals surface area contributed by atoms with Gasteiger partial charge in [-0.15, -0.1) is 16.9 Å². The van der Waals surface area contributed by atoms with Crippen LogP contribution in [0.3, 0.4) is 0 Å². The Morgan fingerprint density at radius 3 is 3.00 bits per heavy atom. The highest BCUT2D eigenvalue weighted by Gasteiger charge is 2.10. The molecule has 0 fully saturated rings. The van der Waals surface area contributed by atoms with Crippen LogP contribution < -0.4 is 0 Å². The summed E-state index contributed by atoms with van der Waals surface area (Å²) in [6.07, 6.45) is 3.74. The monoisotopic (exact) mass is 142 g/mol. The fraction of sp³-hybridized carbons (Fsp3) is 0.400. The molecule has 3 nitrogen and oxygen atoms in total. The predicted octanol–water partition coefficient (Wildman–Crippen LogP) is 0.706. The zero-order chi connectivity index (χ0) is 6.69. The summed E-state index contributed by atoms with van der Waals surface area (Å²) in [6.45, 7) is 0. The van der Waals surface area contributed by atoms with Crippen molar-refractivity contribution < 1.29 is 4.79 Å². The van der Waals surface area contributed by atoms with E-state index < -0.39 is 0 Å². The molecule has 0 aliphatic carbocycles. The van der Waals surface area contributed by atoms with E-state index in [9.17, 15) is 4.79 Å². The molecule has 0 aromatic heterocycles. The summed E-state index contributed by atoms with van der Waals surface area (Å²) in [5.41, 5.74) is 0. The van der Waals surface area contributed by atoms with Crippen LogP contribution in [0.2, 0.25) is 0 Å². The van der Waals surface area contributed by atoms with Crippen LogP contribution in [-0.2, 0) is 4.79 Å². The van der Waals surface area contributed by atoms with Crippen LogP contribution in [0.25, 0.3) is 0 Å². The average Bonchev–Trinajstić information content (AvgIpc) is 1.89. The lowest BCUT2D eigenvalue weighted by atomic mass is 10.3. The molecular formula is C5H6N2OS. The summed E-state index contributed by atoms with van der Waals surface area (Å²) in [4.78, 5) is 10.8. The molecule has 0 N–H and O–H groups in total. The number of thioether (sulfide) groups is 1. The molecule has 1 aliphatic heterocycles. The number of carbonyl (C=O) groups is 1. The fourth-order valence-electron chi connectivity index (χ4n) is 0.515. The summed E-state index contributed by atoms with van der Waals surface area (Å²) in [6, 6.07) is 0. The van der Waals surface area contributed by atoms with Crippen molar-refractivity contribution in [3.63, 3.8) is 0 Å². The number of rotatable bonds is 0. The van der Waals surface area contributed by atoms with Crippen molar-refractivity contribution in [1.82, 2.24) is 0 Å². The van der Waals surface area contributed by atoms with E-state index in [2.05, 4.69) is 10.2 Å². The van der Waals surface area contributed by atoms with Crippen molar-refractivity contribution in [2.75, 3.05) is 6.26 Å². The molecule has 0 atom stereocenters. The van der Waals surface area contributed by atoms with Crippen LogP contribution in [0.15, 0.2) is 10.2 Å². The van der Waals surface area contributed by atoms with Gasteiger partial charge in [0.15, 0.2) is 10.8 Å². The number of hydrogen-bond donors (Lipinski definition) is 0. The van der Waals surface area contributed by atoms with Crippen LogP contribution in [0.1, 0.15) is 6.42 Å². The van der Waals surface area contributed by atoms with Crippen LogP contribution in [-0.4, -0.2) is 23.3 Å². The van der Waals surface area contributed by atoms with Crippen LogP contribution in [0.4, 0.5) is 0 Å². The SMILES string of the molecule is CSC1=NN=CCC1=O. The van der Waals surface area contributed by atoms with Gasteiger partial charge in [0.1, 0.15) is 0 Å². The first-order valence-electron chi connectivity index (χ1n) is 2.51. The molecule has 0 aromatic rings. The zero-order valence-corrected chi connectivity index (χ0v) is 5.81. The molecule has 0 spiro atoms. The van der Waals surface area contributed by atoms with Gasteiger partial charge in [0.05, 0.1) is 6.42 Å². The van der Waals surface area contributed by atoms with Crippen molar-refractivity contribution in [3.8, 4) is 0 Å². The van der Waals surface area contributed by atoms with E-state index in [1.165, 1.54) is 18.0 Å². The third-order valence-electron chi connectivity index (χ3n) is 0.939. The Morgan fingerprint density at radius 2 is 2.56 bits per heavy atom. The Bertz CT molecular complexity index is 185. The zero-order valence-electron chi connectivity index (χ0n) is 5.00. The van der Waals surface area contributed by atoms with E-state index in [1.807, 2.05) is 6.26 Å². The number of nitrogens with zero attached hydrogens (tertiary/aromatic N) is 2. The molecule has 4 heteroatoms. The molecular weight excluding hydrogens is 136 g/mol. The quantitative estimate of drug-likeness (QED) is 0.499. The van der Waals surface area contributed by atoms with Crippen molar-refractivity contribution in [1.29, 1.82) is 0 Å². The third-order valence-corrected chi connectivity index (χ3v) is 1.63. The van der Waals surface area contributed by atoms with E-state index in [1.54, 1.807) is 0 Å². The van der Waals surface area contributed by atoms with E-state index in [0.717, 1.165) is 0 Å². The highest BCUT2D eigenvalue weighted by molar-refractivity contribution is 8.15. The lowest BCUT2D eigenvalue weighted by Gasteiger charge is -1.99. The average molecular weight is 142 g/mol. The molecule has 9 heavy (non-hydrogen) atoms. The van der Waals surface area contributed by atoms with E-state index in [4.69, 9.17) is 0 Å². The molecule has 1 heterocycles. The second-order valence-corrected chi connectivity index (χ2v) is 2.33. The molecule has 48 valence electrons. The largest absolute Gasteiger partial charge is 0.291 e. The first-order chi connectivity index (χ1) is 4.34. The molecule has 0 saturated heterocycles. The second kappa shape index (κ2) is 2.77. The molecule has 1 rings (SSSR count). The maximum absolute atomic E-state index is 10.8.